The van der Waals surface area contributed by atoms with Gasteiger partial charge in [0.2, 0.25) is 0 Å². The molecule has 3 aromatic heterocycles. The molecule has 1 aliphatic rings. The minimum absolute atomic E-state index is 0.0759. The molecule has 2 aromatic carbocycles. The SMILES string of the molecule is O=C(O)CC(c1cccc(-n2cccc2)c1)n1ncc2cc(OCCc3ccc4c(n3)CCCN4)ccc21. The molecule has 0 spiro atoms. The minimum atomic E-state index is -0.878. The summed E-state index contributed by atoms with van der Waals surface area (Å²) in [5.41, 5.74) is 6.02. The van der Waals surface area contributed by atoms with Crippen molar-refractivity contribution < 1.29 is 14.6 Å². The van der Waals surface area contributed by atoms with E-state index in [0.717, 1.165) is 70.8 Å². The van der Waals surface area contributed by atoms with Gasteiger partial charge in [0.15, 0.2) is 0 Å². The Kier molecular flexibility index (Phi) is 6.52. The number of anilines is 1. The van der Waals surface area contributed by atoms with Crippen LogP contribution in [0.2, 0.25) is 0 Å². The summed E-state index contributed by atoms with van der Waals surface area (Å²) in [4.78, 5) is 16.6. The summed E-state index contributed by atoms with van der Waals surface area (Å²) < 4.78 is 9.85. The molecule has 0 saturated heterocycles. The monoisotopic (exact) mass is 507 g/mol. The number of carboxylic acids is 1. The maximum atomic E-state index is 11.8. The van der Waals surface area contributed by atoms with E-state index in [1.165, 1.54) is 0 Å². The number of aromatic nitrogens is 4. The molecule has 1 unspecified atom stereocenters. The van der Waals surface area contributed by atoms with Crippen LogP contribution in [0.3, 0.4) is 0 Å². The lowest BCUT2D eigenvalue weighted by atomic mass is 10.0. The number of aliphatic carboxylic acids is 1. The topological polar surface area (TPSA) is 94.2 Å². The predicted octanol–water partition coefficient (Wildman–Crippen LogP) is 5.27. The fourth-order valence-corrected chi connectivity index (χ4v) is 5.07. The number of rotatable bonds is 9. The Balaban J connectivity index is 1.20. The number of hydrogen-bond acceptors (Lipinski definition) is 5. The first kappa shape index (κ1) is 23.8. The van der Waals surface area contributed by atoms with Gasteiger partial charge in [-0.2, -0.15) is 5.10 Å². The van der Waals surface area contributed by atoms with Gasteiger partial charge in [-0.15, -0.1) is 0 Å². The third kappa shape index (κ3) is 4.98. The molecule has 8 heteroatoms. The van der Waals surface area contributed by atoms with Crippen LogP contribution in [0.5, 0.6) is 5.75 Å². The molecule has 0 radical (unpaired) electrons. The van der Waals surface area contributed by atoms with Gasteiger partial charge in [0.25, 0.3) is 0 Å². The highest BCUT2D eigenvalue weighted by atomic mass is 16.5. The lowest BCUT2D eigenvalue weighted by Gasteiger charge is -2.19. The summed E-state index contributed by atoms with van der Waals surface area (Å²) >= 11 is 0. The Morgan fingerprint density at radius 1 is 1.08 bits per heavy atom. The summed E-state index contributed by atoms with van der Waals surface area (Å²) in [6.07, 6.45) is 8.47. The van der Waals surface area contributed by atoms with Gasteiger partial charge in [-0.05, 0) is 73.0 Å². The van der Waals surface area contributed by atoms with Gasteiger partial charge in [-0.1, -0.05) is 12.1 Å². The summed E-state index contributed by atoms with van der Waals surface area (Å²) in [7, 11) is 0. The van der Waals surface area contributed by atoms with Crippen molar-refractivity contribution in [1.29, 1.82) is 0 Å². The summed E-state index contributed by atoms with van der Waals surface area (Å²) in [5, 5.41) is 18.6. The van der Waals surface area contributed by atoms with Crippen LogP contribution in [0.25, 0.3) is 16.6 Å². The smallest absolute Gasteiger partial charge is 0.305 e. The number of hydrogen-bond donors (Lipinski definition) is 2. The highest BCUT2D eigenvalue weighted by Gasteiger charge is 2.21. The number of aryl methyl sites for hydroxylation is 1. The van der Waals surface area contributed by atoms with Crippen LogP contribution in [0, 0.1) is 0 Å². The molecule has 0 bridgehead atoms. The largest absolute Gasteiger partial charge is 0.493 e. The third-order valence-electron chi connectivity index (χ3n) is 6.95. The second kappa shape index (κ2) is 10.4. The highest BCUT2D eigenvalue weighted by molar-refractivity contribution is 5.81. The second-order valence-electron chi connectivity index (χ2n) is 9.53. The van der Waals surface area contributed by atoms with Crippen molar-refractivity contribution in [2.24, 2.45) is 0 Å². The van der Waals surface area contributed by atoms with E-state index in [1.54, 1.807) is 10.9 Å². The molecule has 0 aliphatic carbocycles. The van der Waals surface area contributed by atoms with E-state index in [2.05, 4.69) is 22.5 Å². The first-order chi connectivity index (χ1) is 18.6. The maximum absolute atomic E-state index is 11.8. The molecule has 0 amide bonds. The summed E-state index contributed by atoms with van der Waals surface area (Å²) in [6.45, 7) is 1.53. The van der Waals surface area contributed by atoms with E-state index in [-0.39, 0.29) is 6.42 Å². The maximum Gasteiger partial charge on any atom is 0.305 e. The molecular weight excluding hydrogens is 478 g/mol. The van der Waals surface area contributed by atoms with E-state index >= 15 is 0 Å². The summed E-state index contributed by atoms with van der Waals surface area (Å²) in [5.74, 6) is -0.127. The number of ether oxygens (including phenoxy) is 1. The first-order valence-electron chi connectivity index (χ1n) is 12.9. The molecule has 0 fully saturated rings. The zero-order valence-electron chi connectivity index (χ0n) is 21.0. The number of nitrogens with one attached hydrogen (secondary N) is 1. The molecule has 38 heavy (non-hydrogen) atoms. The Bertz CT molecular complexity index is 1570. The molecule has 5 aromatic rings. The van der Waals surface area contributed by atoms with Gasteiger partial charge < -0.3 is 19.7 Å². The Labute approximate surface area is 220 Å². The van der Waals surface area contributed by atoms with Gasteiger partial charge in [0.05, 0.1) is 42.2 Å². The Morgan fingerprint density at radius 3 is 2.84 bits per heavy atom. The van der Waals surface area contributed by atoms with Crippen molar-refractivity contribution in [1.82, 2.24) is 19.3 Å². The van der Waals surface area contributed by atoms with Crippen LogP contribution in [-0.2, 0) is 17.6 Å². The van der Waals surface area contributed by atoms with Crippen LogP contribution in [0.4, 0.5) is 5.69 Å². The van der Waals surface area contributed by atoms with Crippen LogP contribution in [0.1, 0.15) is 35.8 Å². The van der Waals surface area contributed by atoms with Crippen molar-refractivity contribution in [3.63, 3.8) is 0 Å². The van der Waals surface area contributed by atoms with Gasteiger partial charge >= 0.3 is 5.97 Å². The van der Waals surface area contributed by atoms with Crippen molar-refractivity contribution >= 4 is 22.6 Å². The van der Waals surface area contributed by atoms with E-state index in [9.17, 15) is 9.90 Å². The molecule has 4 heterocycles. The fraction of sp³-hybridized carbons (Fsp3) is 0.233. The molecule has 1 aliphatic heterocycles. The Hall–Kier alpha value is -4.59. The number of nitrogens with zero attached hydrogens (tertiary/aromatic N) is 4. The number of carboxylic acid groups (broad SMARTS) is 1. The molecule has 1 atom stereocenters. The van der Waals surface area contributed by atoms with Crippen LogP contribution in [0.15, 0.2) is 85.3 Å². The third-order valence-corrected chi connectivity index (χ3v) is 6.95. The van der Waals surface area contributed by atoms with E-state index < -0.39 is 12.0 Å². The van der Waals surface area contributed by atoms with Crippen molar-refractivity contribution in [3.8, 4) is 11.4 Å². The normalized spacial score (nSPS) is 13.6. The van der Waals surface area contributed by atoms with Gasteiger partial charge in [0.1, 0.15) is 5.75 Å². The van der Waals surface area contributed by atoms with Gasteiger partial charge in [-0.3, -0.25) is 14.5 Å². The standard InChI is InChI=1S/C30H29N5O3/c36-30(37)19-29(21-5-3-6-24(17-21)34-14-1-2-15-34)35-28-11-9-25(18-22(28)20-32-35)38-16-12-23-8-10-26-27(33-23)7-4-13-31-26/h1-3,5-6,8-11,14-15,17-18,20,29,31H,4,7,12-13,16,19H2,(H,36,37). The van der Waals surface area contributed by atoms with Gasteiger partial charge in [-0.25, -0.2) is 0 Å². The number of fused-ring (bicyclic) bond motifs is 2. The summed E-state index contributed by atoms with van der Waals surface area (Å²) in [6, 6.07) is 21.4. The lowest BCUT2D eigenvalue weighted by Crippen LogP contribution is -2.16. The Morgan fingerprint density at radius 2 is 1.97 bits per heavy atom. The van der Waals surface area contributed by atoms with Crippen LogP contribution < -0.4 is 10.1 Å². The van der Waals surface area contributed by atoms with E-state index in [1.807, 2.05) is 71.6 Å². The average molecular weight is 508 g/mol. The van der Waals surface area contributed by atoms with Gasteiger partial charge in [0, 0.05) is 42.1 Å². The van der Waals surface area contributed by atoms with Crippen molar-refractivity contribution in [3.05, 3.63) is 102 Å². The van der Waals surface area contributed by atoms with Crippen molar-refractivity contribution in [2.45, 2.75) is 31.7 Å². The molecule has 0 saturated carbocycles. The highest BCUT2D eigenvalue weighted by Crippen LogP contribution is 2.30. The molecule has 8 nitrogen and oxygen atoms in total. The van der Waals surface area contributed by atoms with E-state index in [4.69, 9.17) is 9.72 Å². The molecule has 2 N–H and O–H groups in total. The molecule has 192 valence electrons. The molecular formula is C30H29N5O3. The van der Waals surface area contributed by atoms with E-state index in [0.29, 0.717) is 6.61 Å². The van der Waals surface area contributed by atoms with Crippen LogP contribution >= 0.6 is 0 Å². The number of pyridine rings is 1. The first-order valence-corrected chi connectivity index (χ1v) is 12.9. The quantitative estimate of drug-likeness (QED) is 0.282. The lowest BCUT2D eigenvalue weighted by molar-refractivity contribution is -0.137. The zero-order chi connectivity index (χ0) is 25.9. The predicted molar refractivity (Wildman–Crippen MR) is 146 cm³/mol. The van der Waals surface area contributed by atoms with Crippen molar-refractivity contribution in [2.75, 3.05) is 18.5 Å². The zero-order valence-corrected chi connectivity index (χ0v) is 21.0. The number of benzene rings is 2. The average Bonchev–Trinajstić information content (AvgIpc) is 3.62. The molecule has 6 rings (SSSR count). The fourth-order valence-electron chi connectivity index (χ4n) is 5.07. The number of carbonyl (C=O) groups is 1. The van der Waals surface area contributed by atoms with Crippen LogP contribution in [-0.4, -0.2) is 43.6 Å². The second-order valence-corrected chi connectivity index (χ2v) is 9.53. The minimum Gasteiger partial charge on any atom is -0.493 e.